The fourth-order valence-electron chi connectivity index (χ4n) is 1.90. The van der Waals surface area contributed by atoms with E-state index in [0.717, 1.165) is 11.4 Å². The summed E-state index contributed by atoms with van der Waals surface area (Å²) in [7, 11) is 1.55. The molecule has 0 radical (unpaired) electrons. The molecule has 0 aromatic carbocycles. The van der Waals surface area contributed by atoms with E-state index < -0.39 is 12.0 Å². The van der Waals surface area contributed by atoms with Crippen molar-refractivity contribution in [2.45, 2.75) is 39.3 Å². The number of carbonyl (C=O) groups excluding carboxylic acids is 1. The zero-order valence-corrected chi connectivity index (χ0v) is 12.0. The first-order chi connectivity index (χ1) is 9.43. The first-order valence-corrected chi connectivity index (χ1v) is 6.46. The van der Waals surface area contributed by atoms with E-state index in [4.69, 9.17) is 9.84 Å². The van der Waals surface area contributed by atoms with E-state index in [1.807, 2.05) is 19.9 Å². The van der Waals surface area contributed by atoms with Gasteiger partial charge >= 0.3 is 5.97 Å². The fourth-order valence-corrected chi connectivity index (χ4v) is 1.90. The smallest absolute Gasteiger partial charge is 0.326 e. The van der Waals surface area contributed by atoms with Crippen molar-refractivity contribution in [3.8, 4) is 0 Å². The minimum atomic E-state index is -1.04. The van der Waals surface area contributed by atoms with Crippen LogP contribution in [0, 0.1) is 13.8 Å². The molecule has 112 valence electrons. The fraction of sp³-hybridized carbons (Fsp3) is 0.615. The first kappa shape index (κ1) is 16.2. The lowest BCUT2D eigenvalue weighted by atomic mass is 10.1. The lowest BCUT2D eigenvalue weighted by Gasteiger charge is -2.14. The topological polar surface area (TPSA) is 93.5 Å². The molecule has 0 saturated heterocycles. The summed E-state index contributed by atoms with van der Waals surface area (Å²) in [6.07, 6.45) is 0.916. The number of hydrogen-bond acceptors (Lipinski definition) is 4. The number of aromatic nitrogens is 2. The minimum Gasteiger partial charge on any atom is -0.480 e. The van der Waals surface area contributed by atoms with Gasteiger partial charge in [-0.25, -0.2) is 4.79 Å². The predicted molar refractivity (Wildman–Crippen MR) is 72.4 cm³/mol. The second-order valence-corrected chi connectivity index (χ2v) is 4.68. The number of nitrogens with zero attached hydrogens (tertiary/aromatic N) is 2. The molecule has 20 heavy (non-hydrogen) atoms. The van der Waals surface area contributed by atoms with E-state index in [-0.39, 0.29) is 12.5 Å². The van der Waals surface area contributed by atoms with Gasteiger partial charge in [0.1, 0.15) is 12.6 Å². The van der Waals surface area contributed by atoms with Crippen LogP contribution < -0.4 is 5.32 Å². The van der Waals surface area contributed by atoms with Crippen molar-refractivity contribution < 1.29 is 19.4 Å². The highest BCUT2D eigenvalue weighted by atomic mass is 16.5. The SMILES string of the molecule is COCCCC(NC(=O)Cn1nc(C)cc1C)C(=O)O. The van der Waals surface area contributed by atoms with Gasteiger partial charge in [0.25, 0.3) is 0 Å². The maximum absolute atomic E-state index is 11.9. The Morgan fingerprint density at radius 1 is 1.50 bits per heavy atom. The molecule has 7 nitrogen and oxygen atoms in total. The van der Waals surface area contributed by atoms with Crippen molar-refractivity contribution >= 4 is 11.9 Å². The third-order valence-corrected chi connectivity index (χ3v) is 2.87. The molecule has 0 saturated carbocycles. The van der Waals surface area contributed by atoms with Crippen molar-refractivity contribution in [3.05, 3.63) is 17.5 Å². The second kappa shape index (κ2) is 7.64. The van der Waals surface area contributed by atoms with Crippen LogP contribution in [0.1, 0.15) is 24.2 Å². The van der Waals surface area contributed by atoms with Gasteiger partial charge in [-0.2, -0.15) is 5.10 Å². The molecule has 1 atom stereocenters. The number of carboxylic acid groups (broad SMARTS) is 1. The maximum atomic E-state index is 11.9. The number of amides is 1. The average molecular weight is 283 g/mol. The molecule has 0 aliphatic carbocycles. The Kier molecular flexibility index (Phi) is 6.17. The Morgan fingerprint density at radius 2 is 2.20 bits per heavy atom. The maximum Gasteiger partial charge on any atom is 0.326 e. The number of hydrogen-bond donors (Lipinski definition) is 2. The van der Waals surface area contributed by atoms with Gasteiger partial charge in [-0.1, -0.05) is 0 Å². The molecule has 0 spiro atoms. The minimum absolute atomic E-state index is 0.0216. The summed E-state index contributed by atoms with van der Waals surface area (Å²) in [6, 6.07) is 0.968. The van der Waals surface area contributed by atoms with Crippen LogP contribution in [0.2, 0.25) is 0 Å². The van der Waals surface area contributed by atoms with Gasteiger partial charge in [0, 0.05) is 19.4 Å². The molecule has 1 amide bonds. The number of rotatable bonds is 8. The van der Waals surface area contributed by atoms with E-state index in [9.17, 15) is 9.59 Å². The molecule has 0 aliphatic heterocycles. The summed E-state index contributed by atoms with van der Waals surface area (Å²) < 4.78 is 6.43. The highest BCUT2D eigenvalue weighted by Crippen LogP contribution is 2.02. The number of methoxy groups -OCH3 is 1. The molecular weight excluding hydrogens is 262 g/mol. The molecule has 0 aliphatic rings. The van der Waals surface area contributed by atoms with E-state index in [2.05, 4.69) is 10.4 Å². The monoisotopic (exact) mass is 283 g/mol. The van der Waals surface area contributed by atoms with Gasteiger partial charge in [-0.3, -0.25) is 9.48 Å². The quantitative estimate of drug-likeness (QED) is 0.677. The number of aliphatic carboxylic acids is 1. The number of ether oxygens (including phenoxy) is 1. The van der Waals surface area contributed by atoms with E-state index in [1.54, 1.807) is 11.8 Å². The molecule has 0 fully saturated rings. The zero-order valence-electron chi connectivity index (χ0n) is 12.0. The van der Waals surface area contributed by atoms with E-state index >= 15 is 0 Å². The Hall–Kier alpha value is -1.89. The van der Waals surface area contributed by atoms with Gasteiger partial charge in [-0.15, -0.1) is 0 Å². The number of nitrogens with one attached hydrogen (secondary N) is 1. The van der Waals surface area contributed by atoms with Crippen molar-refractivity contribution in [3.63, 3.8) is 0 Å². The van der Waals surface area contributed by atoms with Gasteiger partial charge in [0.2, 0.25) is 5.91 Å². The molecule has 1 rings (SSSR count). The van der Waals surface area contributed by atoms with Crippen LogP contribution in [0.4, 0.5) is 0 Å². The van der Waals surface area contributed by atoms with Crippen LogP contribution in [0.3, 0.4) is 0 Å². The molecule has 2 N–H and O–H groups in total. The third-order valence-electron chi connectivity index (χ3n) is 2.87. The Balaban J connectivity index is 2.53. The highest BCUT2D eigenvalue weighted by molar-refractivity contribution is 5.83. The summed E-state index contributed by atoms with van der Waals surface area (Å²) in [5.41, 5.74) is 1.69. The molecule has 0 bridgehead atoms. The van der Waals surface area contributed by atoms with Crippen LogP contribution in [-0.2, 0) is 20.9 Å². The number of carboxylic acids is 1. The van der Waals surface area contributed by atoms with Crippen molar-refractivity contribution in [2.75, 3.05) is 13.7 Å². The van der Waals surface area contributed by atoms with Crippen LogP contribution in [0.5, 0.6) is 0 Å². The van der Waals surface area contributed by atoms with Gasteiger partial charge in [-0.05, 0) is 32.8 Å². The van der Waals surface area contributed by atoms with Crippen LogP contribution >= 0.6 is 0 Å². The lowest BCUT2D eigenvalue weighted by molar-refractivity contribution is -0.142. The Labute approximate surface area is 117 Å². The number of carbonyl (C=O) groups is 2. The molecule has 1 aromatic heterocycles. The summed E-state index contributed by atoms with van der Waals surface area (Å²) in [6.45, 7) is 4.18. The largest absolute Gasteiger partial charge is 0.480 e. The lowest BCUT2D eigenvalue weighted by Crippen LogP contribution is -2.42. The average Bonchev–Trinajstić information content (AvgIpc) is 2.66. The van der Waals surface area contributed by atoms with Crippen molar-refractivity contribution in [1.29, 1.82) is 0 Å². The summed E-state index contributed by atoms with van der Waals surface area (Å²) >= 11 is 0. The summed E-state index contributed by atoms with van der Waals surface area (Å²) in [5, 5.41) is 15.7. The second-order valence-electron chi connectivity index (χ2n) is 4.68. The molecule has 7 heteroatoms. The number of aryl methyl sites for hydroxylation is 2. The molecule has 1 unspecified atom stereocenters. The normalized spacial score (nSPS) is 12.2. The van der Waals surface area contributed by atoms with Crippen molar-refractivity contribution in [2.24, 2.45) is 0 Å². The van der Waals surface area contributed by atoms with Crippen LogP contribution in [0.25, 0.3) is 0 Å². The van der Waals surface area contributed by atoms with E-state index in [1.165, 1.54) is 0 Å². The highest BCUT2D eigenvalue weighted by Gasteiger charge is 2.20. The van der Waals surface area contributed by atoms with Gasteiger partial charge in [0.05, 0.1) is 5.69 Å². The van der Waals surface area contributed by atoms with Gasteiger partial charge < -0.3 is 15.2 Å². The summed E-state index contributed by atoms with van der Waals surface area (Å²) in [5.74, 6) is -1.40. The first-order valence-electron chi connectivity index (χ1n) is 6.46. The Morgan fingerprint density at radius 3 is 2.70 bits per heavy atom. The summed E-state index contributed by atoms with van der Waals surface area (Å²) in [4.78, 5) is 22.9. The van der Waals surface area contributed by atoms with Gasteiger partial charge in [0.15, 0.2) is 0 Å². The third kappa shape index (κ3) is 5.00. The van der Waals surface area contributed by atoms with Crippen molar-refractivity contribution in [1.82, 2.24) is 15.1 Å². The molecule has 1 aromatic rings. The van der Waals surface area contributed by atoms with E-state index in [0.29, 0.717) is 19.4 Å². The standard InChI is InChI=1S/C13H21N3O4/c1-9-7-10(2)16(15-9)8-12(17)14-11(13(18)19)5-4-6-20-3/h7,11H,4-6,8H2,1-3H3,(H,14,17)(H,18,19). The van der Waals surface area contributed by atoms with Crippen LogP contribution in [-0.4, -0.2) is 46.5 Å². The molecular formula is C13H21N3O4. The molecule has 1 heterocycles. The predicted octanol–water partition coefficient (Wildman–Crippen LogP) is 0.496. The Bertz CT molecular complexity index is 470. The van der Waals surface area contributed by atoms with Crippen LogP contribution in [0.15, 0.2) is 6.07 Å². The zero-order chi connectivity index (χ0) is 15.1.